The van der Waals surface area contributed by atoms with Crippen LogP contribution in [0.4, 0.5) is 0 Å². The van der Waals surface area contributed by atoms with E-state index in [1.165, 1.54) is 5.37 Å². The first-order valence-corrected chi connectivity index (χ1v) is 4.93. The number of hydrogen-bond acceptors (Lipinski definition) is 1. The molecule has 0 heterocycles. The molecule has 1 atom stereocenters. The topological polar surface area (TPSA) is 63.3 Å². The summed E-state index contributed by atoms with van der Waals surface area (Å²) in [5.74, 6) is 0.554. The van der Waals surface area contributed by atoms with Crippen LogP contribution >= 0.6 is 0 Å². The largest absolute Gasteiger partial charge is 0.303 e. The molecule has 0 aromatic carbocycles. The van der Waals surface area contributed by atoms with Gasteiger partial charge in [-0.05, 0) is 18.8 Å². The molecule has 62 valence electrons. The summed E-state index contributed by atoms with van der Waals surface area (Å²) in [5.41, 5.74) is 0. The average Bonchev–Trinajstić information content (AvgIpc) is 1.59. The third kappa shape index (κ3) is 7.94. The van der Waals surface area contributed by atoms with Crippen molar-refractivity contribution >= 4 is 15.4 Å². The Labute approximate surface area is 62.6 Å². The Kier molecular flexibility index (Phi) is 3.93. The maximum Gasteiger partial charge on any atom is 0.138 e. The van der Waals surface area contributed by atoms with Crippen molar-refractivity contribution in [3.8, 4) is 0 Å². The maximum absolute atomic E-state index is 10.4. The zero-order valence-electron chi connectivity index (χ0n) is 6.41. The van der Waals surface area contributed by atoms with Crippen molar-refractivity contribution in [2.75, 3.05) is 0 Å². The predicted octanol–water partition coefficient (Wildman–Crippen LogP) is 0.856. The van der Waals surface area contributed by atoms with Crippen LogP contribution in [0.3, 0.4) is 0 Å². The van der Waals surface area contributed by atoms with Crippen molar-refractivity contribution in [2.24, 2.45) is 11.1 Å². The lowest BCUT2D eigenvalue weighted by Gasteiger charge is -1.99. The quantitative estimate of drug-likeness (QED) is 0.609. The third-order valence-corrected chi connectivity index (χ3v) is 1.81. The Hall–Kier alpha value is -0.0600. The minimum Gasteiger partial charge on any atom is -0.303 e. The van der Waals surface area contributed by atoms with E-state index in [0.29, 0.717) is 12.3 Å². The zero-order valence-corrected chi connectivity index (χ0v) is 7.23. The van der Waals surface area contributed by atoms with Gasteiger partial charge in [-0.15, -0.1) is 0 Å². The van der Waals surface area contributed by atoms with E-state index in [-0.39, 0.29) is 0 Å². The lowest BCUT2D eigenvalue weighted by atomic mass is 10.1. The predicted molar refractivity (Wildman–Crippen MR) is 45.1 cm³/mol. The van der Waals surface area contributed by atoms with Crippen molar-refractivity contribution in [2.45, 2.75) is 26.7 Å². The molecule has 3 N–H and O–H groups in total. The second-order valence-corrected chi connectivity index (χ2v) is 4.31. The van der Waals surface area contributed by atoms with Gasteiger partial charge in [-0.3, -0.25) is 0 Å². The molecule has 0 saturated heterocycles. The van der Waals surface area contributed by atoms with Crippen molar-refractivity contribution in [1.29, 1.82) is 0 Å². The molecule has 0 fully saturated rings. The van der Waals surface area contributed by atoms with Crippen molar-refractivity contribution in [3.63, 3.8) is 0 Å². The van der Waals surface area contributed by atoms with Gasteiger partial charge in [0, 0.05) is 5.37 Å². The monoisotopic (exact) mass is 165 g/mol. The molecule has 0 aliphatic heterocycles. The molecule has 0 aliphatic carbocycles. The van der Waals surface area contributed by atoms with E-state index in [1.807, 2.05) is 0 Å². The Balaban J connectivity index is 3.66. The molecule has 3 nitrogen and oxygen atoms in total. The van der Waals surface area contributed by atoms with E-state index in [2.05, 4.69) is 13.8 Å². The van der Waals surface area contributed by atoms with Crippen LogP contribution in [0, 0.1) is 5.92 Å². The highest BCUT2D eigenvalue weighted by molar-refractivity contribution is 7.93. The van der Waals surface area contributed by atoms with Crippen LogP contribution in [0.1, 0.15) is 26.7 Å². The van der Waals surface area contributed by atoms with Gasteiger partial charge in [0.2, 0.25) is 0 Å². The minimum atomic E-state index is -3.09. The normalized spacial score (nSPS) is 16.9. The lowest BCUT2D eigenvalue weighted by Crippen LogP contribution is -2.13. The third-order valence-electron chi connectivity index (χ3n) is 1.10. The second kappa shape index (κ2) is 3.95. The first-order valence-electron chi connectivity index (χ1n) is 3.29. The van der Waals surface area contributed by atoms with Gasteiger partial charge in [0.05, 0.1) is 0 Å². The van der Waals surface area contributed by atoms with Gasteiger partial charge < -0.3 is 4.55 Å². The summed E-state index contributed by atoms with van der Waals surface area (Å²) in [5, 5.41) is 6.12. The van der Waals surface area contributed by atoms with E-state index < -0.39 is 9.99 Å². The molecule has 10 heavy (non-hydrogen) atoms. The van der Waals surface area contributed by atoms with Gasteiger partial charge in [0.15, 0.2) is 0 Å². The van der Waals surface area contributed by atoms with Crippen LogP contribution in [-0.2, 0) is 9.99 Å². The van der Waals surface area contributed by atoms with Gasteiger partial charge in [0.1, 0.15) is 9.99 Å². The first-order chi connectivity index (χ1) is 4.42. The summed E-state index contributed by atoms with van der Waals surface area (Å²) in [4.78, 5) is 0. The molecule has 0 aromatic rings. The smallest absolute Gasteiger partial charge is 0.138 e. The summed E-state index contributed by atoms with van der Waals surface area (Å²) >= 11 is 0. The Morgan fingerprint density at radius 1 is 1.70 bits per heavy atom. The van der Waals surface area contributed by atoms with Crippen molar-refractivity contribution in [3.05, 3.63) is 0 Å². The van der Waals surface area contributed by atoms with E-state index >= 15 is 0 Å². The average molecular weight is 165 g/mol. The van der Waals surface area contributed by atoms with Crippen LogP contribution in [0.15, 0.2) is 0 Å². The molecular weight excluding hydrogens is 150 g/mol. The van der Waals surface area contributed by atoms with Crippen LogP contribution in [0.5, 0.6) is 0 Å². The molecule has 0 aliphatic rings. The zero-order chi connectivity index (χ0) is 8.20. The first kappa shape index (κ1) is 9.94. The van der Waals surface area contributed by atoms with Gasteiger partial charge in [-0.2, -0.15) is 0 Å². The maximum atomic E-state index is 10.4. The second-order valence-electron chi connectivity index (χ2n) is 2.75. The van der Waals surface area contributed by atoms with Gasteiger partial charge in [-0.1, -0.05) is 13.8 Å². The van der Waals surface area contributed by atoms with E-state index in [0.717, 1.165) is 6.42 Å². The van der Waals surface area contributed by atoms with Crippen LogP contribution in [0.2, 0.25) is 0 Å². The van der Waals surface area contributed by atoms with E-state index in [4.69, 9.17) is 9.69 Å². The molecular formula is C6H15NO2S. The van der Waals surface area contributed by atoms with Gasteiger partial charge >= 0.3 is 0 Å². The van der Waals surface area contributed by atoms with Gasteiger partial charge in [0.25, 0.3) is 0 Å². The molecule has 4 heteroatoms. The number of nitrogens with two attached hydrogens (primary N) is 1. The lowest BCUT2D eigenvalue weighted by molar-refractivity contribution is 0.560. The highest BCUT2D eigenvalue weighted by Gasteiger charge is 1.93. The fraction of sp³-hybridized carbons (Fsp3) is 0.833. The Bertz CT molecular complexity index is 184. The summed E-state index contributed by atoms with van der Waals surface area (Å²) in [6.07, 6.45) is 1.53. The summed E-state index contributed by atoms with van der Waals surface area (Å²) in [6.45, 7) is 4.12. The fourth-order valence-electron chi connectivity index (χ4n) is 0.570. The number of rotatable bonds is 3. The highest BCUT2D eigenvalue weighted by Crippen LogP contribution is 2.00. The summed E-state index contributed by atoms with van der Waals surface area (Å²) in [6, 6.07) is 0. The SMILES string of the molecule is CC(C)CCC=S(N)(=O)O. The standard InChI is InChI=1S/C6H15NO2S/c1-6(2)4-3-5-10(7,8)9/h5-6H,3-4H2,1-2H3,(H3,7,8,9). The molecule has 0 amide bonds. The summed E-state index contributed by atoms with van der Waals surface area (Å²) < 4.78 is 19.0. The molecule has 0 radical (unpaired) electrons. The van der Waals surface area contributed by atoms with Gasteiger partial charge in [-0.25, -0.2) is 9.35 Å². The molecule has 0 rings (SSSR count). The van der Waals surface area contributed by atoms with Crippen LogP contribution < -0.4 is 5.14 Å². The van der Waals surface area contributed by atoms with Crippen molar-refractivity contribution < 1.29 is 8.76 Å². The van der Waals surface area contributed by atoms with Crippen LogP contribution in [-0.4, -0.2) is 14.1 Å². The highest BCUT2D eigenvalue weighted by atomic mass is 32.2. The minimum absolute atomic E-state index is 0.554. The number of hydrogen-bond donors (Lipinski definition) is 2. The fourth-order valence-corrected chi connectivity index (χ4v) is 1.04. The Morgan fingerprint density at radius 2 is 2.20 bits per heavy atom. The Morgan fingerprint density at radius 3 is 2.50 bits per heavy atom. The molecule has 0 aromatic heterocycles. The molecule has 1 unspecified atom stereocenters. The van der Waals surface area contributed by atoms with Crippen molar-refractivity contribution in [1.82, 2.24) is 0 Å². The molecule has 0 bridgehead atoms. The molecule has 0 spiro atoms. The van der Waals surface area contributed by atoms with Crippen LogP contribution in [0.25, 0.3) is 0 Å². The van der Waals surface area contributed by atoms with E-state index in [9.17, 15) is 4.21 Å². The summed E-state index contributed by atoms with van der Waals surface area (Å²) in [7, 11) is -3.09. The van der Waals surface area contributed by atoms with E-state index in [1.54, 1.807) is 0 Å². The molecule has 0 saturated carbocycles.